The molecule has 1 heterocycles. The van der Waals surface area contributed by atoms with E-state index in [0.717, 1.165) is 18.6 Å². The zero-order valence-corrected chi connectivity index (χ0v) is 12.0. The molecular weight excluding hydrogens is 293 g/mol. The van der Waals surface area contributed by atoms with Crippen LogP contribution in [0, 0.1) is 0 Å². The van der Waals surface area contributed by atoms with Crippen molar-refractivity contribution in [2.24, 2.45) is 0 Å². The smallest absolute Gasteiger partial charge is 0.294 e. The summed E-state index contributed by atoms with van der Waals surface area (Å²) in [7, 11) is 0. The van der Waals surface area contributed by atoms with Gasteiger partial charge in [0.05, 0.1) is 5.56 Å². The summed E-state index contributed by atoms with van der Waals surface area (Å²) in [5, 5.41) is 0. The number of hydrogen-bond donors (Lipinski definition) is 0. The van der Waals surface area contributed by atoms with Crippen LogP contribution in [0.4, 0.5) is 13.2 Å². The standard InChI is InChI=1S/C16H15F3N2O/c1-2-3-4-15(22)14-7-12(16(17,18)19)5-6-13(14)11-8-20-10-21-9-11/h5-10H,2-4H2,1H3. The first kappa shape index (κ1) is 16.1. The van der Waals surface area contributed by atoms with E-state index in [2.05, 4.69) is 9.97 Å². The highest BCUT2D eigenvalue weighted by molar-refractivity contribution is 6.02. The van der Waals surface area contributed by atoms with Crippen molar-refractivity contribution in [3.63, 3.8) is 0 Å². The van der Waals surface area contributed by atoms with Gasteiger partial charge in [-0.25, -0.2) is 9.97 Å². The molecule has 22 heavy (non-hydrogen) atoms. The fourth-order valence-corrected chi connectivity index (χ4v) is 2.11. The molecular formula is C16H15F3N2O. The number of Topliss-reactive ketones (excluding diaryl/α,β-unsaturated/α-hetero) is 1. The third-order valence-corrected chi connectivity index (χ3v) is 3.28. The van der Waals surface area contributed by atoms with Gasteiger partial charge < -0.3 is 0 Å². The number of rotatable bonds is 5. The molecule has 1 aromatic heterocycles. The lowest BCUT2D eigenvalue weighted by Gasteiger charge is -2.13. The highest BCUT2D eigenvalue weighted by atomic mass is 19.4. The Hall–Kier alpha value is -2.24. The van der Waals surface area contributed by atoms with Gasteiger partial charge in [0.1, 0.15) is 6.33 Å². The molecule has 0 aliphatic heterocycles. The monoisotopic (exact) mass is 308 g/mol. The van der Waals surface area contributed by atoms with Gasteiger partial charge in [-0.1, -0.05) is 19.4 Å². The van der Waals surface area contributed by atoms with Crippen LogP contribution in [0.2, 0.25) is 0 Å². The van der Waals surface area contributed by atoms with Crippen LogP contribution in [0.15, 0.2) is 36.9 Å². The largest absolute Gasteiger partial charge is 0.416 e. The summed E-state index contributed by atoms with van der Waals surface area (Å²) < 4.78 is 38.6. The van der Waals surface area contributed by atoms with E-state index in [0.29, 0.717) is 17.5 Å². The van der Waals surface area contributed by atoms with Crippen molar-refractivity contribution in [1.82, 2.24) is 9.97 Å². The topological polar surface area (TPSA) is 42.9 Å². The molecule has 2 rings (SSSR count). The normalized spacial score (nSPS) is 11.5. The van der Waals surface area contributed by atoms with Gasteiger partial charge >= 0.3 is 6.18 Å². The molecule has 3 nitrogen and oxygen atoms in total. The summed E-state index contributed by atoms with van der Waals surface area (Å²) in [4.78, 5) is 20.0. The second-order valence-corrected chi connectivity index (χ2v) is 4.91. The Morgan fingerprint density at radius 1 is 1.18 bits per heavy atom. The molecule has 0 aliphatic carbocycles. The Balaban J connectivity index is 2.51. The van der Waals surface area contributed by atoms with Gasteiger partial charge in [-0.15, -0.1) is 0 Å². The van der Waals surface area contributed by atoms with Crippen LogP contribution in [0.1, 0.15) is 42.1 Å². The Morgan fingerprint density at radius 3 is 2.45 bits per heavy atom. The fourth-order valence-electron chi connectivity index (χ4n) is 2.11. The number of alkyl halides is 3. The van der Waals surface area contributed by atoms with E-state index < -0.39 is 11.7 Å². The molecule has 0 saturated carbocycles. The first-order valence-corrected chi connectivity index (χ1v) is 6.93. The Kier molecular flexibility index (Phi) is 4.90. The van der Waals surface area contributed by atoms with Crippen LogP contribution in [-0.2, 0) is 6.18 Å². The number of unbranched alkanes of at least 4 members (excludes halogenated alkanes) is 1. The maximum Gasteiger partial charge on any atom is 0.416 e. The molecule has 0 atom stereocenters. The second-order valence-electron chi connectivity index (χ2n) is 4.91. The lowest BCUT2D eigenvalue weighted by atomic mass is 9.94. The summed E-state index contributed by atoms with van der Waals surface area (Å²) in [5.41, 5.74) is 0.191. The van der Waals surface area contributed by atoms with E-state index in [-0.39, 0.29) is 17.8 Å². The van der Waals surface area contributed by atoms with Crippen LogP contribution in [0.3, 0.4) is 0 Å². The van der Waals surface area contributed by atoms with Crippen LogP contribution < -0.4 is 0 Å². The Bertz CT molecular complexity index is 654. The number of carbonyl (C=O) groups excluding carboxylic acids is 1. The van der Waals surface area contributed by atoms with Crippen molar-refractivity contribution < 1.29 is 18.0 Å². The number of ketones is 1. The van der Waals surface area contributed by atoms with Gasteiger partial charge in [-0.05, 0) is 24.1 Å². The lowest BCUT2D eigenvalue weighted by molar-refractivity contribution is -0.137. The molecule has 116 valence electrons. The molecule has 0 radical (unpaired) electrons. The summed E-state index contributed by atoms with van der Waals surface area (Å²) >= 11 is 0. The minimum Gasteiger partial charge on any atom is -0.294 e. The number of carbonyl (C=O) groups is 1. The second kappa shape index (κ2) is 6.68. The SMILES string of the molecule is CCCCC(=O)c1cc(C(F)(F)F)ccc1-c1cncnc1. The van der Waals surface area contributed by atoms with E-state index in [4.69, 9.17) is 0 Å². The zero-order chi connectivity index (χ0) is 16.2. The number of halogens is 3. The minimum atomic E-state index is -4.48. The van der Waals surface area contributed by atoms with Gasteiger partial charge in [0, 0.05) is 29.9 Å². The van der Waals surface area contributed by atoms with Gasteiger partial charge in [-0.2, -0.15) is 13.2 Å². The quantitative estimate of drug-likeness (QED) is 0.762. The zero-order valence-electron chi connectivity index (χ0n) is 12.0. The third-order valence-electron chi connectivity index (χ3n) is 3.28. The van der Waals surface area contributed by atoms with E-state index in [1.54, 1.807) is 0 Å². The predicted octanol–water partition coefficient (Wildman–Crippen LogP) is 4.54. The Morgan fingerprint density at radius 2 is 1.86 bits per heavy atom. The average Bonchev–Trinajstić information content (AvgIpc) is 2.52. The van der Waals surface area contributed by atoms with Crippen molar-refractivity contribution >= 4 is 5.78 Å². The molecule has 0 bridgehead atoms. The highest BCUT2D eigenvalue weighted by Crippen LogP contribution is 2.33. The van der Waals surface area contributed by atoms with E-state index >= 15 is 0 Å². The van der Waals surface area contributed by atoms with Crippen molar-refractivity contribution in [2.75, 3.05) is 0 Å². The molecule has 0 aliphatic rings. The summed E-state index contributed by atoms with van der Waals surface area (Å²) in [6, 6.07) is 3.19. The van der Waals surface area contributed by atoms with Crippen molar-refractivity contribution in [2.45, 2.75) is 32.4 Å². The number of nitrogens with zero attached hydrogens (tertiary/aromatic N) is 2. The van der Waals surface area contributed by atoms with E-state index in [1.165, 1.54) is 24.8 Å². The molecule has 0 amide bonds. The number of hydrogen-bond acceptors (Lipinski definition) is 3. The van der Waals surface area contributed by atoms with Crippen LogP contribution in [0.5, 0.6) is 0 Å². The van der Waals surface area contributed by atoms with Crippen molar-refractivity contribution in [3.8, 4) is 11.1 Å². The minimum absolute atomic E-state index is 0.0677. The van der Waals surface area contributed by atoms with Gasteiger partial charge in [0.2, 0.25) is 0 Å². The van der Waals surface area contributed by atoms with E-state index in [9.17, 15) is 18.0 Å². The van der Waals surface area contributed by atoms with Crippen LogP contribution in [0.25, 0.3) is 11.1 Å². The molecule has 0 unspecified atom stereocenters. The Labute approximate surface area is 126 Å². The first-order chi connectivity index (χ1) is 10.4. The summed E-state index contributed by atoms with van der Waals surface area (Å²) in [6.07, 6.45) is 1.46. The maximum atomic E-state index is 12.9. The average molecular weight is 308 g/mol. The summed E-state index contributed by atoms with van der Waals surface area (Å²) in [5.74, 6) is -0.299. The molecule has 2 aromatic rings. The molecule has 0 N–H and O–H groups in total. The number of aromatic nitrogens is 2. The van der Waals surface area contributed by atoms with Crippen molar-refractivity contribution in [3.05, 3.63) is 48.0 Å². The highest BCUT2D eigenvalue weighted by Gasteiger charge is 2.31. The molecule has 6 heteroatoms. The third kappa shape index (κ3) is 3.69. The maximum absolute atomic E-state index is 12.9. The van der Waals surface area contributed by atoms with Gasteiger partial charge in [0.15, 0.2) is 5.78 Å². The predicted molar refractivity (Wildman–Crippen MR) is 76.3 cm³/mol. The van der Waals surface area contributed by atoms with Crippen LogP contribution in [-0.4, -0.2) is 15.8 Å². The molecule has 0 saturated heterocycles. The van der Waals surface area contributed by atoms with Gasteiger partial charge in [-0.3, -0.25) is 4.79 Å². The molecule has 1 aromatic carbocycles. The first-order valence-electron chi connectivity index (χ1n) is 6.93. The molecule has 0 fully saturated rings. The molecule has 0 spiro atoms. The van der Waals surface area contributed by atoms with E-state index in [1.807, 2.05) is 6.92 Å². The lowest BCUT2D eigenvalue weighted by Crippen LogP contribution is -2.09. The fraction of sp³-hybridized carbons (Fsp3) is 0.312. The van der Waals surface area contributed by atoms with Crippen molar-refractivity contribution in [1.29, 1.82) is 0 Å². The van der Waals surface area contributed by atoms with Gasteiger partial charge in [0.25, 0.3) is 0 Å². The van der Waals surface area contributed by atoms with Crippen LogP contribution >= 0.6 is 0 Å². The summed E-state index contributed by atoms with van der Waals surface area (Å²) in [6.45, 7) is 1.92. The number of benzene rings is 1.